The molecular formula is C14H27IO4Si. The average molecular weight is 414 g/mol. The Kier molecular flexibility index (Phi) is 6.34. The van der Waals surface area contributed by atoms with Crippen LogP contribution in [0.3, 0.4) is 0 Å². The molecule has 118 valence electrons. The Hall–Kier alpha value is 0.177. The molecule has 0 saturated carbocycles. The maximum Gasteiger partial charge on any atom is 0.508 e. The van der Waals surface area contributed by atoms with Gasteiger partial charge in [-0.25, -0.2) is 4.79 Å². The summed E-state index contributed by atoms with van der Waals surface area (Å²) in [6.07, 6.45) is 0.955. The summed E-state index contributed by atoms with van der Waals surface area (Å²) in [5.74, 6) is 0. The number of halogens is 1. The van der Waals surface area contributed by atoms with E-state index in [1.54, 1.807) is 0 Å². The predicted molar refractivity (Wildman–Crippen MR) is 91.0 cm³/mol. The SMILES string of the molecule is C[C@@H](C[C@H]1CC(CI)OC(=O)O1)O[Si](C)(C)C(C)(C)C. The number of hydrogen-bond acceptors (Lipinski definition) is 4. The summed E-state index contributed by atoms with van der Waals surface area (Å²) in [5.41, 5.74) is 0. The number of ether oxygens (including phenoxy) is 2. The van der Waals surface area contributed by atoms with Crippen molar-refractivity contribution < 1.29 is 18.7 Å². The molecule has 1 saturated heterocycles. The maximum absolute atomic E-state index is 11.4. The highest BCUT2D eigenvalue weighted by Gasteiger charge is 2.39. The molecule has 3 atom stereocenters. The minimum absolute atomic E-state index is 0.0260. The van der Waals surface area contributed by atoms with E-state index in [0.717, 1.165) is 17.3 Å². The Morgan fingerprint density at radius 1 is 1.35 bits per heavy atom. The molecule has 1 heterocycles. The third-order valence-electron chi connectivity index (χ3n) is 4.12. The highest BCUT2D eigenvalue weighted by Crippen LogP contribution is 2.38. The van der Waals surface area contributed by atoms with Crippen LogP contribution in [0, 0.1) is 0 Å². The maximum atomic E-state index is 11.4. The smallest absolute Gasteiger partial charge is 0.431 e. The molecule has 1 rings (SSSR count). The minimum atomic E-state index is -1.77. The lowest BCUT2D eigenvalue weighted by atomic mass is 10.1. The highest BCUT2D eigenvalue weighted by atomic mass is 127. The van der Waals surface area contributed by atoms with E-state index in [1.165, 1.54) is 0 Å². The van der Waals surface area contributed by atoms with Crippen molar-refractivity contribution in [3.8, 4) is 0 Å². The monoisotopic (exact) mass is 414 g/mol. The Morgan fingerprint density at radius 3 is 2.40 bits per heavy atom. The first-order chi connectivity index (χ1) is 9.05. The standard InChI is InChI=1S/C14H27IO4Si/c1-10(19-20(5,6)14(2,3)4)7-11-8-12(9-15)18-13(16)17-11/h10-12H,7-9H2,1-6H3/t10-,11-,12?/m0/s1. The van der Waals surface area contributed by atoms with Crippen LogP contribution in [0.25, 0.3) is 0 Å². The van der Waals surface area contributed by atoms with Crippen LogP contribution in [0.2, 0.25) is 18.1 Å². The van der Waals surface area contributed by atoms with Crippen LogP contribution in [-0.2, 0) is 13.9 Å². The van der Waals surface area contributed by atoms with Crippen LogP contribution in [0.1, 0.15) is 40.5 Å². The van der Waals surface area contributed by atoms with Gasteiger partial charge >= 0.3 is 6.16 Å². The lowest BCUT2D eigenvalue weighted by Crippen LogP contribution is -2.45. The fourth-order valence-corrected chi connectivity index (χ4v) is 4.02. The minimum Gasteiger partial charge on any atom is -0.431 e. The zero-order chi connectivity index (χ0) is 15.6. The molecule has 6 heteroatoms. The van der Waals surface area contributed by atoms with E-state index in [9.17, 15) is 4.79 Å². The van der Waals surface area contributed by atoms with Crippen molar-refractivity contribution in [3.05, 3.63) is 0 Å². The van der Waals surface area contributed by atoms with Gasteiger partial charge in [-0.2, -0.15) is 0 Å². The van der Waals surface area contributed by atoms with Crippen LogP contribution in [0.4, 0.5) is 4.79 Å². The van der Waals surface area contributed by atoms with Crippen molar-refractivity contribution in [1.29, 1.82) is 0 Å². The molecule has 0 N–H and O–H groups in total. The number of rotatable bonds is 5. The Balaban J connectivity index is 2.54. The van der Waals surface area contributed by atoms with Crippen molar-refractivity contribution in [2.75, 3.05) is 4.43 Å². The molecule has 1 fully saturated rings. The van der Waals surface area contributed by atoms with E-state index in [4.69, 9.17) is 13.9 Å². The van der Waals surface area contributed by atoms with Crippen molar-refractivity contribution in [1.82, 2.24) is 0 Å². The summed E-state index contributed by atoms with van der Waals surface area (Å²) in [4.78, 5) is 11.4. The van der Waals surface area contributed by atoms with Gasteiger partial charge in [-0.1, -0.05) is 43.4 Å². The van der Waals surface area contributed by atoms with E-state index < -0.39 is 14.5 Å². The molecule has 4 nitrogen and oxygen atoms in total. The zero-order valence-electron chi connectivity index (χ0n) is 13.4. The number of carbonyl (C=O) groups is 1. The summed E-state index contributed by atoms with van der Waals surface area (Å²) < 4.78 is 17.5. The fourth-order valence-electron chi connectivity index (χ4n) is 2.03. The third-order valence-corrected chi connectivity index (χ3v) is 9.71. The second kappa shape index (κ2) is 6.96. The molecule has 1 unspecified atom stereocenters. The molecule has 1 aliphatic heterocycles. The van der Waals surface area contributed by atoms with Crippen molar-refractivity contribution in [3.63, 3.8) is 0 Å². The van der Waals surface area contributed by atoms with Crippen LogP contribution in [0.5, 0.6) is 0 Å². The van der Waals surface area contributed by atoms with Gasteiger partial charge in [0.1, 0.15) is 12.2 Å². The van der Waals surface area contributed by atoms with Crippen molar-refractivity contribution in [2.45, 2.75) is 77.0 Å². The molecule has 0 radical (unpaired) electrons. The number of cyclic esters (lactones) is 2. The summed E-state index contributed by atoms with van der Waals surface area (Å²) in [6.45, 7) is 13.2. The van der Waals surface area contributed by atoms with Crippen LogP contribution >= 0.6 is 22.6 Å². The first-order valence-corrected chi connectivity index (χ1v) is 11.6. The molecule has 0 spiro atoms. The lowest BCUT2D eigenvalue weighted by molar-refractivity contribution is -0.0619. The summed E-state index contributed by atoms with van der Waals surface area (Å²) in [5, 5.41) is 0.193. The quantitative estimate of drug-likeness (QED) is 0.287. The van der Waals surface area contributed by atoms with Crippen molar-refractivity contribution in [2.24, 2.45) is 0 Å². The van der Waals surface area contributed by atoms with E-state index in [1.807, 2.05) is 0 Å². The number of alkyl halides is 1. The number of hydrogen-bond donors (Lipinski definition) is 0. The van der Waals surface area contributed by atoms with E-state index in [2.05, 4.69) is 63.4 Å². The highest BCUT2D eigenvalue weighted by molar-refractivity contribution is 14.1. The van der Waals surface area contributed by atoms with E-state index >= 15 is 0 Å². The largest absolute Gasteiger partial charge is 0.508 e. The zero-order valence-corrected chi connectivity index (χ0v) is 16.5. The Labute approximate surface area is 137 Å². The summed E-state index contributed by atoms with van der Waals surface area (Å²) in [7, 11) is -1.77. The van der Waals surface area contributed by atoms with Gasteiger partial charge < -0.3 is 13.9 Å². The van der Waals surface area contributed by atoms with Crippen molar-refractivity contribution >= 4 is 37.1 Å². The lowest BCUT2D eigenvalue weighted by Gasteiger charge is -2.39. The average Bonchev–Trinajstić information content (AvgIpc) is 2.25. The molecule has 0 bridgehead atoms. The molecule has 0 aromatic rings. The topological polar surface area (TPSA) is 44.8 Å². The van der Waals surface area contributed by atoms with Crippen LogP contribution in [0.15, 0.2) is 0 Å². The van der Waals surface area contributed by atoms with E-state index in [-0.39, 0.29) is 23.4 Å². The van der Waals surface area contributed by atoms with E-state index in [0.29, 0.717) is 0 Å². The van der Waals surface area contributed by atoms with Gasteiger partial charge in [0.25, 0.3) is 0 Å². The normalized spacial score (nSPS) is 25.9. The predicted octanol–water partition coefficient (Wildman–Crippen LogP) is 4.52. The molecule has 0 amide bonds. The van der Waals surface area contributed by atoms with Gasteiger partial charge in [0.05, 0.1) is 0 Å². The molecule has 0 aromatic carbocycles. The first-order valence-electron chi connectivity index (χ1n) is 7.16. The first kappa shape index (κ1) is 18.2. The second-order valence-electron chi connectivity index (χ2n) is 7.04. The molecule has 1 aliphatic rings. The van der Waals surface area contributed by atoms with Gasteiger partial charge in [0, 0.05) is 23.4 Å². The van der Waals surface area contributed by atoms with Gasteiger partial charge in [-0.15, -0.1) is 0 Å². The van der Waals surface area contributed by atoms with Gasteiger partial charge in [-0.05, 0) is 25.1 Å². The Bertz CT molecular complexity index is 341. The van der Waals surface area contributed by atoms with Gasteiger partial charge in [0.2, 0.25) is 0 Å². The third kappa shape index (κ3) is 5.18. The number of carbonyl (C=O) groups excluding carboxylic acids is 1. The summed E-state index contributed by atoms with van der Waals surface area (Å²) >= 11 is 2.24. The van der Waals surface area contributed by atoms with Crippen LogP contribution < -0.4 is 0 Å². The molecular weight excluding hydrogens is 387 g/mol. The summed E-state index contributed by atoms with van der Waals surface area (Å²) in [6, 6.07) is 0. The Morgan fingerprint density at radius 2 is 1.90 bits per heavy atom. The molecule has 0 aliphatic carbocycles. The fraction of sp³-hybridized carbons (Fsp3) is 0.929. The van der Waals surface area contributed by atoms with Gasteiger partial charge in [-0.3, -0.25) is 0 Å². The van der Waals surface area contributed by atoms with Gasteiger partial charge in [0.15, 0.2) is 8.32 Å². The second-order valence-corrected chi connectivity index (χ2v) is 12.7. The molecule has 0 aromatic heterocycles. The van der Waals surface area contributed by atoms with Crippen LogP contribution in [-0.4, -0.2) is 37.2 Å². The molecule has 20 heavy (non-hydrogen) atoms.